The lowest BCUT2D eigenvalue weighted by Gasteiger charge is -2.09. The van der Waals surface area contributed by atoms with Crippen molar-refractivity contribution in [1.82, 2.24) is 4.98 Å². The second-order valence-corrected chi connectivity index (χ2v) is 3.64. The van der Waals surface area contributed by atoms with Gasteiger partial charge in [0.2, 0.25) is 0 Å². The summed E-state index contributed by atoms with van der Waals surface area (Å²) in [5.74, 6) is -0.963. The predicted molar refractivity (Wildman–Crippen MR) is 61.8 cm³/mol. The number of hydrogen-bond donors (Lipinski definition) is 2. The van der Waals surface area contributed by atoms with Gasteiger partial charge in [0.1, 0.15) is 11.9 Å². The van der Waals surface area contributed by atoms with Crippen molar-refractivity contribution < 1.29 is 13.9 Å². The summed E-state index contributed by atoms with van der Waals surface area (Å²) in [6.45, 7) is 1.94. The first-order valence-corrected chi connectivity index (χ1v) is 5.33. The minimum Gasteiger partial charge on any atom is -0.465 e. The lowest BCUT2D eigenvalue weighted by atomic mass is 10.1. The molecule has 1 aromatic heterocycles. The topological polar surface area (TPSA) is 68.1 Å². The van der Waals surface area contributed by atoms with Crippen molar-refractivity contribution in [3.05, 3.63) is 35.8 Å². The fourth-order valence-corrected chi connectivity index (χ4v) is 1.77. The number of aromatic nitrogens is 1. The fourth-order valence-electron chi connectivity index (χ4n) is 1.77. The zero-order valence-electron chi connectivity index (χ0n) is 9.37. The second kappa shape index (κ2) is 4.55. The molecule has 0 aliphatic rings. The Kier molecular flexibility index (Phi) is 3.10. The molecule has 1 atom stereocenters. The third-order valence-electron chi connectivity index (χ3n) is 2.56. The number of rotatable bonds is 3. The van der Waals surface area contributed by atoms with Crippen LogP contribution in [0.1, 0.15) is 18.5 Å². The monoisotopic (exact) mass is 236 g/mol. The van der Waals surface area contributed by atoms with Crippen LogP contribution in [0.2, 0.25) is 0 Å². The smallest absolute Gasteiger partial charge is 0.327 e. The Morgan fingerprint density at radius 1 is 1.59 bits per heavy atom. The van der Waals surface area contributed by atoms with E-state index in [1.54, 1.807) is 19.1 Å². The average molecular weight is 236 g/mol. The molecule has 0 fully saturated rings. The van der Waals surface area contributed by atoms with Crippen LogP contribution < -0.4 is 5.73 Å². The van der Waals surface area contributed by atoms with Gasteiger partial charge in [-0.2, -0.15) is 0 Å². The van der Waals surface area contributed by atoms with E-state index in [2.05, 4.69) is 4.98 Å². The van der Waals surface area contributed by atoms with Gasteiger partial charge in [-0.05, 0) is 19.1 Å². The number of ether oxygens (including phenoxy) is 1. The molecule has 0 radical (unpaired) electrons. The van der Waals surface area contributed by atoms with Gasteiger partial charge in [-0.25, -0.2) is 9.18 Å². The summed E-state index contributed by atoms with van der Waals surface area (Å²) in [6, 6.07) is 3.67. The number of carbonyl (C=O) groups excluding carboxylic acids is 1. The third-order valence-corrected chi connectivity index (χ3v) is 2.56. The van der Waals surface area contributed by atoms with Gasteiger partial charge in [-0.1, -0.05) is 6.07 Å². The molecular formula is C12H13FN2O2. The molecule has 3 N–H and O–H groups in total. The highest BCUT2D eigenvalue weighted by Gasteiger charge is 2.21. The molecule has 0 amide bonds. The maximum Gasteiger partial charge on any atom is 0.327 e. The zero-order chi connectivity index (χ0) is 12.4. The molecule has 0 saturated carbocycles. The minimum absolute atomic E-state index is 0.247. The molecule has 0 saturated heterocycles. The van der Waals surface area contributed by atoms with Crippen LogP contribution in [0.4, 0.5) is 4.39 Å². The van der Waals surface area contributed by atoms with E-state index in [4.69, 9.17) is 10.5 Å². The van der Waals surface area contributed by atoms with Crippen LogP contribution in [0.25, 0.3) is 10.9 Å². The van der Waals surface area contributed by atoms with Crippen molar-refractivity contribution in [2.24, 2.45) is 5.73 Å². The maximum absolute atomic E-state index is 13.7. The summed E-state index contributed by atoms with van der Waals surface area (Å²) in [4.78, 5) is 14.4. The minimum atomic E-state index is -0.972. The Bertz CT molecular complexity index is 550. The predicted octanol–water partition coefficient (Wildman–Crippen LogP) is 1.87. The molecule has 17 heavy (non-hydrogen) atoms. The molecule has 90 valence electrons. The molecule has 2 aromatic rings. The van der Waals surface area contributed by atoms with Gasteiger partial charge in [0, 0.05) is 22.7 Å². The molecule has 0 aliphatic carbocycles. The molecule has 1 unspecified atom stereocenters. The summed E-state index contributed by atoms with van der Waals surface area (Å²) in [5, 5.41) is 0.341. The maximum atomic E-state index is 13.7. The molecule has 0 bridgehead atoms. The van der Waals surface area contributed by atoms with Gasteiger partial charge in [0.15, 0.2) is 0 Å². The first kappa shape index (κ1) is 11.6. The molecule has 2 rings (SSSR count). The largest absolute Gasteiger partial charge is 0.465 e. The number of esters is 1. The summed E-state index contributed by atoms with van der Waals surface area (Å²) in [7, 11) is 0. The van der Waals surface area contributed by atoms with E-state index in [0.717, 1.165) is 0 Å². The Balaban J connectivity index is 2.45. The van der Waals surface area contributed by atoms with Crippen LogP contribution in [0, 0.1) is 5.82 Å². The number of aromatic amines is 1. The number of carbonyl (C=O) groups is 1. The summed E-state index contributed by atoms with van der Waals surface area (Å²) in [6.07, 6.45) is 1.54. The first-order valence-electron chi connectivity index (χ1n) is 5.33. The number of nitrogens with one attached hydrogen (secondary N) is 1. The van der Waals surface area contributed by atoms with E-state index in [9.17, 15) is 9.18 Å². The van der Waals surface area contributed by atoms with Crippen molar-refractivity contribution >= 4 is 16.9 Å². The van der Waals surface area contributed by atoms with Crippen LogP contribution in [0.3, 0.4) is 0 Å². The first-order chi connectivity index (χ1) is 8.15. The summed E-state index contributed by atoms with van der Waals surface area (Å²) in [5.41, 5.74) is 6.77. The van der Waals surface area contributed by atoms with Crippen molar-refractivity contribution in [2.75, 3.05) is 6.61 Å². The van der Waals surface area contributed by atoms with Gasteiger partial charge in [-0.15, -0.1) is 0 Å². The highest BCUT2D eigenvalue weighted by atomic mass is 19.1. The van der Waals surface area contributed by atoms with Crippen molar-refractivity contribution in [3.63, 3.8) is 0 Å². The Hall–Kier alpha value is -1.88. The van der Waals surface area contributed by atoms with Crippen LogP contribution in [-0.2, 0) is 9.53 Å². The third kappa shape index (κ3) is 2.01. The quantitative estimate of drug-likeness (QED) is 0.799. The van der Waals surface area contributed by atoms with Crippen molar-refractivity contribution in [1.29, 1.82) is 0 Å². The highest BCUT2D eigenvalue weighted by Crippen LogP contribution is 2.26. The van der Waals surface area contributed by atoms with Gasteiger partial charge < -0.3 is 15.5 Å². The molecule has 1 aromatic carbocycles. The Morgan fingerprint density at radius 2 is 2.35 bits per heavy atom. The number of nitrogens with two attached hydrogens (primary N) is 1. The van der Waals surface area contributed by atoms with E-state index in [1.165, 1.54) is 12.3 Å². The molecular weight excluding hydrogens is 223 g/mol. The van der Waals surface area contributed by atoms with Crippen molar-refractivity contribution in [2.45, 2.75) is 13.0 Å². The summed E-state index contributed by atoms with van der Waals surface area (Å²) >= 11 is 0. The second-order valence-electron chi connectivity index (χ2n) is 3.64. The average Bonchev–Trinajstić information content (AvgIpc) is 2.73. The number of hydrogen-bond acceptors (Lipinski definition) is 3. The normalized spacial score (nSPS) is 12.6. The summed E-state index contributed by atoms with van der Waals surface area (Å²) < 4.78 is 18.5. The molecule has 4 nitrogen and oxygen atoms in total. The number of fused-ring (bicyclic) bond motifs is 1. The lowest BCUT2D eigenvalue weighted by molar-refractivity contribution is -0.144. The van der Waals surface area contributed by atoms with E-state index in [0.29, 0.717) is 16.5 Å². The number of H-pyrrole nitrogens is 1. The van der Waals surface area contributed by atoms with Crippen LogP contribution in [-0.4, -0.2) is 17.6 Å². The number of benzene rings is 1. The Labute approximate surface area is 97.6 Å². The lowest BCUT2D eigenvalue weighted by Crippen LogP contribution is -2.23. The van der Waals surface area contributed by atoms with Gasteiger partial charge >= 0.3 is 5.97 Å². The van der Waals surface area contributed by atoms with E-state index in [-0.39, 0.29) is 6.61 Å². The van der Waals surface area contributed by atoms with Gasteiger partial charge in [0.25, 0.3) is 0 Å². The van der Waals surface area contributed by atoms with E-state index < -0.39 is 17.8 Å². The Morgan fingerprint density at radius 3 is 3.06 bits per heavy atom. The van der Waals surface area contributed by atoms with E-state index >= 15 is 0 Å². The van der Waals surface area contributed by atoms with Gasteiger partial charge in [0.05, 0.1) is 6.61 Å². The van der Waals surface area contributed by atoms with E-state index in [1.807, 2.05) is 0 Å². The molecule has 5 heteroatoms. The van der Waals surface area contributed by atoms with Crippen LogP contribution in [0.5, 0.6) is 0 Å². The highest BCUT2D eigenvalue weighted by molar-refractivity contribution is 5.89. The standard InChI is InChI=1S/C12H13FN2O2/c1-2-17-12(16)11(14)7-6-15-9-5-3-4-8(13)10(7)9/h3-6,11,15H,2,14H2,1H3. The SMILES string of the molecule is CCOC(=O)C(N)c1c[nH]c2cccc(F)c12. The molecule has 1 heterocycles. The molecule has 0 spiro atoms. The zero-order valence-corrected chi connectivity index (χ0v) is 9.37. The van der Waals surface area contributed by atoms with Crippen LogP contribution in [0.15, 0.2) is 24.4 Å². The van der Waals surface area contributed by atoms with Gasteiger partial charge in [-0.3, -0.25) is 0 Å². The molecule has 0 aliphatic heterocycles. The van der Waals surface area contributed by atoms with Crippen molar-refractivity contribution in [3.8, 4) is 0 Å². The fraction of sp³-hybridized carbons (Fsp3) is 0.250. The van der Waals surface area contributed by atoms with Crippen LogP contribution >= 0.6 is 0 Å². The number of halogens is 1.